The largest absolute Gasteiger partial charge is 0.301 e. The second-order valence-electron chi connectivity index (χ2n) is 5.34. The Morgan fingerprint density at radius 2 is 1.67 bits per heavy atom. The molecule has 1 rings (SSSR count). The number of rotatable bonds is 8. The molecule has 0 saturated carbocycles. The van der Waals surface area contributed by atoms with Crippen LogP contribution in [-0.4, -0.2) is 48.6 Å². The first kappa shape index (κ1) is 15.5. The Hall–Kier alpha value is -0.590. The Labute approximate surface area is 113 Å². The topological polar surface area (TPSA) is 30.3 Å². The molecular formula is C15H29N3. The van der Waals surface area contributed by atoms with Crippen molar-refractivity contribution in [2.75, 3.05) is 32.7 Å². The fraction of sp³-hybridized carbons (Fsp3) is 0.933. The van der Waals surface area contributed by atoms with E-state index in [4.69, 9.17) is 5.26 Å². The zero-order chi connectivity index (χ0) is 13.2. The van der Waals surface area contributed by atoms with Crippen LogP contribution in [0, 0.1) is 11.3 Å². The second-order valence-corrected chi connectivity index (χ2v) is 5.34. The summed E-state index contributed by atoms with van der Waals surface area (Å²) >= 11 is 0. The Bertz CT molecular complexity index is 239. The van der Waals surface area contributed by atoms with Crippen molar-refractivity contribution in [3.05, 3.63) is 0 Å². The number of hydrogen-bond donors (Lipinski definition) is 0. The van der Waals surface area contributed by atoms with Gasteiger partial charge in [0.15, 0.2) is 0 Å². The Kier molecular flexibility index (Phi) is 8.04. The quantitative estimate of drug-likeness (QED) is 0.621. The normalized spacial score (nSPS) is 19.6. The summed E-state index contributed by atoms with van der Waals surface area (Å²) in [5, 5.41) is 9.06. The first-order valence-corrected chi connectivity index (χ1v) is 7.67. The summed E-state index contributed by atoms with van der Waals surface area (Å²) < 4.78 is 0. The fourth-order valence-corrected chi connectivity index (χ4v) is 2.67. The molecule has 0 N–H and O–H groups in total. The maximum atomic E-state index is 9.06. The van der Waals surface area contributed by atoms with E-state index in [1.165, 1.54) is 38.6 Å². The van der Waals surface area contributed by atoms with Gasteiger partial charge in [-0.2, -0.15) is 5.26 Å². The summed E-state index contributed by atoms with van der Waals surface area (Å²) in [5.74, 6) is 0. The van der Waals surface area contributed by atoms with Crippen LogP contribution in [0.3, 0.4) is 0 Å². The molecule has 3 heteroatoms. The Morgan fingerprint density at radius 1 is 1.00 bits per heavy atom. The van der Waals surface area contributed by atoms with Crippen LogP contribution < -0.4 is 0 Å². The molecule has 0 aromatic carbocycles. The minimum atomic E-state index is 0.136. The fourth-order valence-electron chi connectivity index (χ4n) is 2.67. The van der Waals surface area contributed by atoms with Gasteiger partial charge in [-0.1, -0.05) is 39.5 Å². The van der Waals surface area contributed by atoms with Crippen LogP contribution in [0.25, 0.3) is 0 Å². The van der Waals surface area contributed by atoms with Crippen molar-refractivity contribution in [2.45, 2.75) is 58.4 Å². The van der Waals surface area contributed by atoms with Gasteiger partial charge >= 0.3 is 0 Å². The average molecular weight is 251 g/mol. The molecular weight excluding hydrogens is 222 g/mol. The summed E-state index contributed by atoms with van der Waals surface area (Å²) in [4.78, 5) is 4.90. The highest BCUT2D eigenvalue weighted by Gasteiger charge is 2.21. The van der Waals surface area contributed by atoms with Gasteiger partial charge in [0.2, 0.25) is 0 Å². The van der Waals surface area contributed by atoms with Crippen molar-refractivity contribution in [3.63, 3.8) is 0 Å². The zero-order valence-electron chi connectivity index (χ0n) is 12.2. The highest BCUT2D eigenvalue weighted by atomic mass is 15.3. The third kappa shape index (κ3) is 5.37. The molecule has 1 aliphatic heterocycles. The SMILES string of the molecule is CCCCCCCN1CCN(C(C#N)CC)CC1. The van der Waals surface area contributed by atoms with E-state index in [2.05, 4.69) is 29.7 Å². The standard InChI is InChI=1S/C15H29N3/c1-3-5-6-7-8-9-17-10-12-18(13-11-17)15(4-2)14-16/h15H,3-13H2,1-2H3. The van der Waals surface area contributed by atoms with Gasteiger partial charge < -0.3 is 4.90 Å². The molecule has 0 aromatic heterocycles. The molecule has 0 aliphatic carbocycles. The minimum absolute atomic E-state index is 0.136. The van der Waals surface area contributed by atoms with Crippen molar-refractivity contribution in [1.29, 1.82) is 5.26 Å². The van der Waals surface area contributed by atoms with E-state index >= 15 is 0 Å². The van der Waals surface area contributed by atoms with Crippen LogP contribution in [0.4, 0.5) is 0 Å². The van der Waals surface area contributed by atoms with Gasteiger partial charge in [0.05, 0.1) is 12.1 Å². The maximum absolute atomic E-state index is 9.06. The van der Waals surface area contributed by atoms with Crippen LogP contribution in [0.2, 0.25) is 0 Å². The van der Waals surface area contributed by atoms with Gasteiger partial charge in [-0.05, 0) is 19.4 Å². The first-order chi connectivity index (χ1) is 8.81. The molecule has 1 unspecified atom stereocenters. The minimum Gasteiger partial charge on any atom is -0.301 e. The Morgan fingerprint density at radius 3 is 2.22 bits per heavy atom. The lowest BCUT2D eigenvalue weighted by Crippen LogP contribution is -2.49. The summed E-state index contributed by atoms with van der Waals surface area (Å²) in [6.45, 7) is 10.0. The van der Waals surface area contributed by atoms with Crippen LogP contribution in [0.1, 0.15) is 52.4 Å². The van der Waals surface area contributed by atoms with E-state index in [9.17, 15) is 0 Å². The van der Waals surface area contributed by atoms with Gasteiger partial charge in [0, 0.05) is 26.2 Å². The van der Waals surface area contributed by atoms with Crippen LogP contribution in [0.5, 0.6) is 0 Å². The van der Waals surface area contributed by atoms with E-state index in [1.807, 2.05) is 0 Å². The smallest absolute Gasteiger partial charge is 0.0976 e. The molecule has 18 heavy (non-hydrogen) atoms. The number of unbranched alkanes of at least 4 members (excludes halogenated alkanes) is 4. The molecule has 1 heterocycles. The molecule has 1 atom stereocenters. The van der Waals surface area contributed by atoms with E-state index in [0.29, 0.717) is 0 Å². The zero-order valence-corrected chi connectivity index (χ0v) is 12.2. The maximum Gasteiger partial charge on any atom is 0.0976 e. The van der Waals surface area contributed by atoms with E-state index < -0.39 is 0 Å². The number of hydrogen-bond acceptors (Lipinski definition) is 3. The highest BCUT2D eigenvalue weighted by molar-refractivity contribution is 4.92. The number of piperazine rings is 1. The molecule has 1 aliphatic rings. The van der Waals surface area contributed by atoms with Gasteiger partial charge in [-0.25, -0.2) is 0 Å². The van der Waals surface area contributed by atoms with Gasteiger partial charge in [0.1, 0.15) is 0 Å². The molecule has 0 aromatic rings. The molecule has 0 amide bonds. The first-order valence-electron chi connectivity index (χ1n) is 7.67. The molecule has 0 radical (unpaired) electrons. The number of nitriles is 1. The van der Waals surface area contributed by atoms with E-state index in [-0.39, 0.29) is 6.04 Å². The van der Waals surface area contributed by atoms with Gasteiger partial charge in [-0.3, -0.25) is 4.90 Å². The predicted molar refractivity (Wildman–Crippen MR) is 76.5 cm³/mol. The summed E-state index contributed by atoms with van der Waals surface area (Å²) in [7, 11) is 0. The molecule has 0 spiro atoms. The molecule has 3 nitrogen and oxygen atoms in total. The summed E-state index contributed by atoms with van der Waals surface area (Å²) in [5.41, 5.74) is 0. The van der Waals surface area contributed by atoms with E-state index in [1.54, 1.807) is 0 Å². The predicted octanol–water partition coefficient (Wildman–Crippen LogP) is 2.88. The highest BCUT2D eigenvalue weighted by Crippen LogP contribution is 2.10. The average Bonchev–Trinajstić information content (AvgIpc) is 2.41. The van der Waals surface area contributed by atoms with Crippen LogP contribution in [-0.2, 0) is 0 Å². The van der Waals surface area contributed by atoms with Gasteiger partial charge in [-0.15, -0.1) is 0 Å². The van der Waals surface area contributed by atoms with Crippen molar-refractivity contribution in [2.24, 2.45) is 0 Å². The molecule has 104 valence electrons. The molecule has 0 bridgehead atoms. The Balaban J connectivity index is 2.10. The third-order valence-corrected chi connectivity index (χ3v) is 3.96. The van der Waals surface area contributed by atoms with E-state index in [0.717, 1.165) is 32.6 Å². The van der Waals surface area contributed by atoms with Crippen LogP contribution >= 0.6 is 0 Å². The lowest BCUT2D eigenvalue weighted by Gasteiger charge is -2.36. The van der Waals surface area contributed by atoms with Crippen molar-refractivity contribution >= 4 is 0 Å². The van der Waals surface area contributed by atoms with Crippen LogP contribution in [0.15, 0.2) is 0 Å². The van der Waals surface area contributed by atoms with Crippen molar-refractivity contribution in [1.82, 2.24) is 9.80 Å². The molecule has 1 saturated heterocycles. The lowest BCUT2D eigenvalue weighted by molar-refractivity contribution is 0.111. The van der Waals surface area contributed by atoms with Gasteiger partial charge in [0.25, 0.3) is 0 Å². The summed E-state index contributed by atoms with van der Waals surface area (Å²) in [6, 6.07) is 2.55. The van der Waals surface area contributed by atoms with Crippen molar-refractivity contribution < 1.29 is 0 Å². The third-order valence-electron chi connectivity index (χ3n) is 3.96. The monoisotopic (exact) mass is 251 g/mol. The molecule has 1 fully saturated rings. The van der Waals surface area contributed by atoms with Crippen molar-refractivity contribution in [3.8, 4) is 6.07 Å². The number of nitrogens with zero attached hydrogens (tertiary/aromatic N) is 3. The second kappa shape index (κ2) is 9.35. The summed E-state index contributed by atoms with van der Waals surface area (Å²) in [6.07, 6.45) is 7.77. The lowest BCUT2D eigenvalue weighted by atomic mass is 10.1.